The smallest absolute Gasteiger partial charge is 0.280 e. The van der Waals surface area contributed by atoms with Crippen LogP contribution in [0.2, 0.25) is 0 Å². The van der Waals surface area contributed by atoms with Gasteiger partial charge >= 0.3 is 0 Å². The lowest BCUT2D eigenvalue weighted by atomic mass is 10.1. The van der Waals surface area contributed by atoms with Gasteiger partial charge in [0.1, 0.15) is 11.3 Å². The molecule has 0 aliphatic carbocycles. The predicted molar refractivity (Wildman–Crippen MR) is 94.5 cm³/mol. The molecule has 0 aliphatic rings. The number of aryl methyl sites for hydroxylation is 2. The Balaban J connectivity index is 1.53. The van der Waals surface area contributed by atoms with Crippen LogP contribution in [0.5, 0.6) is 0 Å². The van der Waals surface area contributed by atoms with Gasteiger partial charge in [-0.3, -0.25) is 4.79 Å². The first-order valence-corrected chi connectivity index (χ1v) is 8.16. The van der Waals surface area contributed by atoms with Gasteiger partial charge in [0.15, 0.2) is 11.2 Å². The number of hydrogen-bond donors (Lipinski definition) is 1. The molecule has 0 saturated carbocycles. The van der Waals surface area contributed by atoms with Gasteiger partial charge in [0, 0.05) is 35.9 Å². The molecule has 0 unspecified atom stereocenters. The van der Waals surface area contributed by atoms with Crippen LogP contribution in [-0.4, -0.2) is 29.4 Å². The van der Waals surface area contributed by atoms with E-state index in [0.29, 0.717) is 24.1 Å². The summed E-state index contributed by atoms with van der Waals surface area (Å²) in [5, 5.41) is 13.1. The highest BCUT2D eigenvalue weighted by Crippen LogP contribution is 2.20. The van der Waals surface area contributed by atoms with E-state index >= 15 is 0 Å². The molecule has 4 aromatic heterocycles. The van der Waals surface area contributed by atoms with Gasteiger partial charge in [-0.05, 0) is 36.2 Å². The summed E-state index contributed by atoms with van der Waals surface area (Å²) in [5.74, 6) is -0.278. The standard InChI is InChI=1S/C18H13FN6O/c19-12-1-2-14-13(9-12)11(10-20-14)4-7-24-8-5-15-17(18(24)26)23-22-16-3-6-21-25(15)16/h1-3,5-6,8-10,20H,4,7H2. The highest BCUT2D eigenvalue weighted by Gasteiger charge is 2.10. The van der Waals surface area contributed by atoms with Crippen molar-refractivity contribution in [1.29, 1.82) is 0 Å². The lowest BCUT2D eigenvalue weighted by molar-refractivity contribution is 0.629. The largest absolute Gasteiger partial charge is 0.361 e. The zero-order valence-corrected chi connectivity index (χ0v) is 13.6. The number of aromatic amines is 1. The summed E-state index contributed by atoms with van der Waals surface area (Å²) < 4.78 is 16.7. The molecule has 128 valence electrons. The number of fused-ring (bicyclic) bond motifs is 4. The van der Waals surface area contributed by atoms with Crippen LogP contribution in [0.25, 0.3) is 27.6 Å². The molecule has 0 aliphatic heterocycles. The van der Waals surface area contributed by atoms with Crippen LogP contribution in [0.15, 0.2) is 53.7 Å². The summed E-state index contributed by atoms with van der Waals surface area (Å²) in [4.78, 5) is 15.8. The number of benzene rings is 1. The number of rotatable bonds is 3. The van der Waals surface area contributed by atoms with E-state index < -0.39 is 0 Å². The Hall–Kier alpha value is -3.55. The van der Waals surface area contributed by atoms with Crippen molar-refractivity contribution >= 4 is 27.6 Å². The molecule has 0 saturated heterocycles. The number of nitrogens with zero attached hydrogens (tertiary/aromatic N) is 5. The maximum Gasteiger partial charge on any atom is 0.280 e. The molecular weight excluding hydrogens is 335 g/mol. The normalized spacial score (nSPS) is 11.7. The minimum Gasteiger partial charge on any atom is -0.361 e. The maximum absolute atomic E-state index is 13.5. The van der Waals surface area contributed by atoms with Gasteiger partial charge in [-0.2, -0.15) is 5.10 Å². The first-order chi connectivity index (χ1) is 12.7. The maximum atomic E-state index is 13.5. The van der Waals surface area contributed by atoms with Crippen molar-refractivity contribution in [2.45, 2.75) is 13.0 Å². The Morgan fingerprint density at radius 2 is 2.08 bits per heavy atom. The third-order valence-corrected chi connectivity index (χ3v) is 4.57. The fourth-order valence-corrected chi connectivity index (χ4v) is 3.25. The van der Waals surface area contributed by atoms with Crippen LogP contribution >= 0.6 is 0 Å². The molecule has 8 heteroatoms. The molecule has 0 radical (unpaired) electrons. The fourth-order valence-electron chi connectivity index (χ4n) is 3.25. The van der Waals surface area contributed by atoms with E-state index in [9.17, 15) is 9.18 Å². The van der Waals surface area contributed by atoms with Gasteiger partial charge in [-0.15, -0.1) is 10.2 Å². The number of aromatic nitrogens is 6. The molecule has 4 heterocycles. The number of halogens is 1. The van der Waals surface area contributed by atoms with E-state index in [1.54, 1.807) is 39.7 Å². The lowest BCUT2D eigenvalue weighted by Crippen LogP contribution is -2.22. The third kappa shape index (κ3) is 2.19. The molecular formula is C18H13FN6O. The van der Waals surface area contributed by atoms with E-state index in [1.165, 1.54) is 12.1 Å². The van der Waals surface area contributed by atoms with Crippen LogP contribution in [0, 0.1) is 5.82 Å². The first-order valence-electron chi connectivity index (χ1n) is 8.16. The Bertz CT molecular complexity index is 1330. The van der Waals surface area contributed by atoms with Crippen LogP contribution in [-0.2, 0) is 13.0 Å². The van der Waals surface area contributed by atoms with Gasteiger partial charge in [0.2, 0.25) is 0 Å². The summed E-state index contributed by atoms with van der Waals surface area (Å²) in [6.07, 6.45) is 5.78. The number of H-pyrrole nitrogens is 1. The molecule has 1 aromatic carbocycles. The van der Waals surface area contributed by atoms with Crippen molar-refractivity contribution in [3.05, 3.63) is 70.7 Å². The number of nitrogens with one attached hydrogen (secondary N) is 1. The average molecular weight is 348 g/mol. The minimum absolute atomic E-state index is 0.224. The molecule has 0 amide bonds. The van der Waals surface area contributed by atoms with Crippen molar-refractivity contribution in [1.82, 2.24) is 29.4 Å². The molecule has 5 rings (SSSR count). The second kappa shape index (κ2) is 5.48. The zero-order chi connectivity index (χ0) is 17.7. The lowest BCUT2D eigenvalue weighted by Gasteiger charge is -2.07. The van der Waals surface area contributed by atoms with Crippen LogP contribution in [0.1, 0.15) is 5.56 Å². The average Bonchev–Trinajstić information content (AvgIpc) is 3.27. The molecule has 5 aromatic rings. The minimum atomic E-state index is -0.278. The Morgan fingerprint density at radius 3 is 3.00 bits per heavy atom. The summed E-state index contributed by atoms with van der Waals surface area (Å²) in [6.45, 7) is 0.455. The summed E-state index contributed by atoms with van der Waals surface area (Å²) in [5.41, 5.74) is 3.09. The summed E-state index contributed by atoms with van der Waals surface area (Å²) >= 11 is 0. The van der Waals surface area contributed by atoms with Crippen LogP contribution in [0.3, 0.4) is 0 Å². The van der Waals surface area contributed by atoms with Crippen molar-refractivity contribution in [2.75, 3.05) is 0 Å². The van der Waals surface area contributed by atoms with E-state index in [2.05, 4.69) is 20.3 Å². The quantitative estimate of drug-likeness (QED) is 0.542. The molecule has 1 N–H and O–H groups in total. The summed E-state index contributed by atoms with van der Waals surface area (Å²) in [6, 6.07) is 8.17. The van der Waals surface area contributed by atoms with Crippen LogP contribution in [0.4, 0.5) is 4.39 Å². The summed E-state index contributed by atoms with van der Waals surface area (Å²) in [7, 11) is 0. The molecule has 0 bridgehead atoms. The molecule has 0 fully saturated rings. The van der Waals surface area contributed by atoms with Gasteiger partial charge in [-0.1, -0.05) is 0 Å². The second-order valence-electron chi connectivity index (χ2n) is 6.10. The second-order valence-corrected chi connectivity index (χ2v) is 6.10. The van der Waals surface area contributed by atoms with E-state index in [0.717, 1.165) is 16.5 Å². The SMILES string of the molecule is O=c1c2nnc3ccnn3c2ccn1CCc1c[nH]c2ccc(F)cc12. The highest BCUT2D eigenvalue weighted by atomic mass is 19.1. The monoisotopic (exact) mass is 348 g/mol. The Morgan fingerprint density at radius 1 is 1.15 bits per heavy atom. The Labute approximate surface area is 145 Å². The van der Waals surface area contributed by atoms with Crippen molar-refractivity contribution < 1.29 is 4.39 Å². The van der Waals surface area contributed by atoms with Crippen molar-refractivity contribution in [2.24, 2.45) is 0 Å². The molecule has 26 heavy (non-hydrogen) atoms. The first kappa shape index (κ1) is 14.8. The van der Waals surface area contributed by atoms with E-state index in [4.69, 9.17) is 0 Å². The highest BCUT2D eigenvalue weighted by molar-refractivity contribution is 5.83. The zero-order valence-electron chi connectivity index (χ0n) is 13.6. The van der Waals surface area contributed by atoms with E-state index in [1.807, 2.05) is 6.20 Å². The molecule has 0 atom stereocenters. The third-order valence-electron chi connectivity index (χ3n) is 4.57. The molecule has 7 nitrogen and oxygen atoms in total. The Kier molecular flexibility index (Phi) is 3.11. The predicted octanol–water partition coefficient (Wildman–Crippen LogP) is 2.30. The fraction of sp³-hybridized carbons (Fsp3) is 0.111. The van der Waals surface area contributed by atoms with E-state index in [-0.39, 0.29) is 16.9 Å². The topological polar surface area (TPSA) is 80.9 Å². The molecule has 0 spiro atoms. The van der Waals surface area contributed by atoms with Gasteiger partial charge < -0.3 is 9.55 Å². The van der Waals surface area contributed by atoms with Crippen LogP contribution < -0.4 is 5.56 Å². The van der Waals surface area contributed by atoms with Gasteiger partial charge in [0.25, 0.3) is 5.56 Å². The van der Waals surface area contributed by atoms with Crippen molar-refractivity contribution in [3.8, 4) is 0 Å². The number of hydrogen-bond acceptors (Lipinski definition) is 4. The van der Waals surface area contributed by atoms with Gasteiger partial charge in [0.05, 0.1) is 6.20 Å². The van der Waals surface area contributed by atoms with Crippen molar-refractivity contribution in [3.63, 3.8) is 0 Å². The van der Waals surface area contributed by atoms with Gasteiger partial charge in [-0.25, -0.2) is 8.91 Å². The number of pyridine rings is 1.